The molecule has 3 atom stereocenters. The van der Waals surface area contributed by atoms with Gasteiger partial charge in [-0.3, -0.25) is 4.84 Å². The van der Waals surface area contributed by atoms with Crippen LogP contribution in [-0.4, -0.2) is 25.4 Å². The zero-order valence-corrected chi connectivity index (χ0v) is 10.3. The number of para-hydroxylation sites is 1. The van der Waals surface area contributed by atoms with Gasteiger partial charge in [0.25, 0.3) is 0 Å². The lowest BCUT2D eigenvalue weighted by molar-refractivity contribution is -0.147. The number of rotatable bonds is 0. The highest BCUT2D eigenvalue weighted by Gasteiger charge is 2.52. The van der Waals surface area contributed by atoms with Gasteiger partial charge in [0, 0.05) is 25.4 Å². The molecule has 96 valence electrons. The third-order valence-corrected chi connectivity index (χ3v) is 4.51. The van der Waals surface area contributed by atoms with E-state index in [0.717, 1.165) is 38.3 Å². The molecule has 0 aromatic heterocycles. The minimum Gasteiger partial charge on any atom is -0.470 e. The molecule has 0 radical (unpaired) electrons. The van der Waals surface area contributed by atoms with Crippen LogP contribution >= 0.6 is 0 Å². The quantitative estimate of drug-likeness (QED) is 0.726. The lowest BCUT2D eigenvalue weighted by atomic mass is 9.73. The fraction of sp³-hybridized carbons (Fsp3) is 0.571. The molecule has 2 bridgehead atoms. The molecule has 2 N–H and O–H groups in total. The summed E-state index contributed by atoms with van der Waals surface area (Å²) < 4.78 is 6.30. The molecular weight excluding hydrogens is 228 g/mol. The van der Waals surface area contributed by atoms with Gasteiger partial charge in [-0.05, 0) is 24.0 Å². The van der Waals surface area contributed by atoms with E-state index < -0.39 is 0 Å². The second-order valence-electron chi connectivity index (χ2n) is 5.44. The van der Waals surface area contributed by atoms with E-state index in [1.54, 1.807) is 0 Å². The van der Waals surface area contributed by atoms with Crippen molar-refractivity contribution in [1.82, 2.24) is 10.8 Å². The number of hydrogen-bond donors (Lipinski definition) is 2. The molecule has 2 saturated heterocycles. The minimum atomic E-state index is -0.333. The molecule has 1 aromatic rings. The maximum Gasteiger partial charge on any atom is 0.187 e. The molecular formula is C14H18N2O2. The molecule has 0 spiro atoms. The van der Waals surface area contributed by atoms with E-state index in [1.165, 1.54) is 5.56 Å². The molecule has 3 unspecified atom stereocenters. The Bertz CT molecular complexity index is 465. The Morgan fingerprint density at radius 2 is 2.22 bits per heavy atom. The molecule has 4 nitrogen and oxygen atoms in total. The lowest BCUT2D eigenvalue weighted by Gasteiger charge is -2.49. The van der Waals surface area contributed by atoms with E-state index in [9.17, 15) is 0 Å². The van der Waals surface area contributed by atoms with Crippen molar-refractivity contribution in [3.05, 3.63) is 29.8 Å². The normalized spacial score (nSPS) is 38.0. The van der Waals surface area contributed by atoms with Crippen molar-refractivity contribution in [2.45, 2.75) is 24.5 Å². The summed E-state index contributed by atoms with van der Waals surface area (Å²) in [5.74, 6) is 2.00. The fourth-order valence-corrected chi connectivity index (χ4v) is 3.63. The Hall–Kier alpha value is -1.10. The van der Waals surface area contributed by atoms with Crippen molar-refractivity contribution in [1.29, 1.82) is 0 Å². The maximum atomic E-state index is 6.30. The summed E-state index contributed by atoms with van der Waals surface area (Å²) in [4.78, 5) is 5.60. The summed E-state index contributed by atoms with van der Waals surface area (Å²) in [6.45, 7) is 2.72. The van der Waals surface area contributed by atoms with Gasteiger partial charge >= 0.3 is 0 Å². The first-order chi connectivity index (χ1) is 8.89. The van der Waals surface area contributed by atoms with E-state index in [1.807, 2.05) is 6.07 Å². The van der Waals surface area contributed by atoms with Gasteiger partial charge in [-0.2, -0.15) is 5.48 Å². The van der Waals surface area contributed by atoms with E-state index in [-0.39, 0.29) is 5.72 Å². The van der Waals surface area contributed by atoms with Crippen LogP contribution in [0.4, 0.5) is 0 Å². The second-order valence-corrected chi connectivity index (χ2v) is 5.44. The average molecular weight is 246 g/mol. The summed E-state index contributed by atoms with van der Waals surface area (Å²) in [6.07, 6.45) is 2.00. The van der Waals surface area contributed by atoms with Gasteiger partial charge in [0.1, 0.15) is 5.75 Å². The SMILES string of the molecule is c1ccc2c(c1)OC13CCNCC1C2CCON3. The maximum absolute atomic E-state index is 6.30. The summed E-state index contributed by atoms with van der Waals surface area (Å²) >= 11 is 0. The zero-order valence-electron chi connectivity index (χ0n) is 10.3. The van der Waals surface area contributed by atoms with Crippen molar-refractivity contribution in [3.63, 3.8) is 0 Å². The largest absolute Gasteiger partial charge is 0.470 e. The van der Waals surface area contributed by atoms with Gasteiger partial charge in [0.15, 0.2) is 5.72 Å². The number of piperidine rings is 1. The summed E-state index contributed by atoms with van der Waals surface area (Å²) in [5.41, 5.74) is 4.22. The van der Waals surface area contributed by atoms with E-state index in [2.05, 4.69) is 29.0 Å². The standard InChI is InChI=1S/C14H18N2O2/c1-2-4-13-11(3-1)10-5-8-17-16-14(18-13)6-7-15-9-12(10)14/h1-4,10,12,15-16H,5-9H2. The first-order valence-electron chi connectivity index (χ1n) is 6.77. The number of nitrogens with one attached hydrogen (secondary N) is 2. The van der Waals surface area contributed by atoms with Gasteiger partial charge < -0.3 is 10.1 Å². The van der Waals surface area contributed by atoms with Gasteiger partial charge in [-0.25, -0.2) is 0 Å². The van der Waals surface area contributed by atoms with Gasteiger partial charge in [-0.1, -0.05) is 18.2 Å². The summed E-state index contributed by atoms with van der Waals surface area (Å²) in [5, 5.41) is 3.49. The van der Waals surface area contributed by atoms with E-state index in [0.29, 0.717) is 11.8 Å². The van der Waals surface area contributed by atoms with Crippen LogP contribution in [0.15, 0.2) is 24.3 Å². The Morgan fingerprint density at radius 3 is 3.22 bits per heavy atom. The van der Waals surface area contributed by atoms with Crippen molar-refractivity contribution in [2.75, 3.05) is 19.7 Å². The molecule has 3 heterocycles. The molecule has 1 aromatic carbocycles. The highest BCUT2D eigenvalue weighted by molar-refractivity contribution is 5.40. The number of hydroxylamine groups is 1. The first-order valence-corrected chi connectivity index (χ1v) is 6.77. The molecule has 0 aliphatic carbocycles. The van der Waals surface area contributed by atoms with Crippen LogP contribution in [0.25, 0.3) is 0 Å². The Labute approximate surface area is 107 Å². The molecule has 18 heavy (non-hydrogen) atoms. The number of fused-ring (bicyclic) bond motifs is 2. The smallest absolute Gasteiger partial charge is 0.187 e. The number of hydrogen-bond acceptors (Lipinski definition) is 4. The van der Waals surface area contributed by atoms with Crippen LogP contribution in [0.1, 0.15) is 24.3 Å². The van der Waals surface area contributed by atoms with E-state index in [4.69, 9.17) is 9.57 Å². The van der Waals surface area contributed by atoms with Crippen molar-refractivity contribution in [3.8, 4) is 5.75 Å². The van der Waals surface area contributed by atoms with Crippen molar-refractivity contribution >= 4 is 0 Å². The lowest BCUT2D eigenvalue weighted by Crippen LogP contribution is -2.64. The van der Waals surface area contributed by atoms with Crippen LogP contribution in [-0.2, 0) is 4.84 Å². The second kappa shape index (κ2) is 3.95. The van der Waals surface area contributed by atoms with Gasteiger partial charge in [0.05, 0.1) is 6.61 Å². The van der Waals surface area contributed by atoms with E-state index >= 15 is 0 Å². The van der Waals surface area contributed by atoms with Crippen LogP contribution < -0.4 is 15.5 Å². The van der Waals surface area contributed by atoms with Gasteiger partial charge in [0.2, 0.25) is 0 Å². The Morgan fingerprint density at radius 1 is 1.28 bits per heavy atom. The molecule has 3 aliphatic rings. The highest BCUT2D eigenvalue weighted by Crippen LogP contribution is 2.48. The molecule has 2 fully saturated rings. The highest BCUT2D eigenvalue weighted by atomic mass is 16.7. The Balaban J connectivity index is 1.85. The van der Waals surface area contributed by atoms with Crippen LogP contribution in [0.3, 0.4) is 0 Å². The molecule has 4 heteroatoms. The average Bonchev–Trinajstić information content (AvgIpc) is 2.55. The van der Waals surface area contributed by atoms with Crippen LogP contribution in [0.2, 0.25) is 0 Å². The zero-order chi connectivity index (χ0) is 12.0. The van der Waals surface area contributed by atoms with Crippen LogP contribution in [0, 0.1) is 5.92 Å². The molecule has 0 saturated carbocycles. The van der Waals surface area contributed by atoms with Crippen molar-refractivity contribution in [2.24, 2.45) is 5.92 Å². The number of ether oxygens (including phenoxy) is 1. The molecule has 4 rings (SSSR count). The third-order valence-electron chi connectivity index (χ3n) is 4.51. The minimum absolute atomic E-state index is 0.333. The predicted molar refractivity (Wildman–Crippen MR) is 67.2 cm³/mol. The summed E-state index contributed by atoms with van der Waals surface area (Å²) in [7, 11) is 0. The molecule has 3 aliphatic heterocycles. The first kappa shape index (κ1) is 10.8. The topological polar surface area (TPSA) is 42.5 Å². The molecule has 0 amide bonds. The van der Waals surface area contributed by atoms with Crippen molar-refractivity contribution < 1.29 is 9.57 Å². The fourth-order valence-electron chi connectivity index (χ4n) is 3.63. The third kappa shape index (κ3) is 1.43. The van der Waals surface area contributed by atoms with Crippen LogP contribution in [0.5, 0.6) is 5.75 Å². The predicted octanol–water partition coefficient (Wildman–Crippen LogP) is 1.39. The van der Waals surface area contributed by atoms with Gasteiger partial charge in [-0.15, -0.1) is 0 Å². The monoisotopic (exact) mass is 246 g/mol. The Kier molecular flexibility index (Phi) is 2.37. The summed E-state index contributed by atoms with van der Waals surface area (Å²) in [6, 6.07) is 8.42. The number of benzene rings is 1.